The number of halogens is 2. The first-order valence-electron chi connectivity index (χ1n) is 6.35. The minimum absolute atomic E-state index is 0.248. The summed E-state index contributed by atoms with van der Waals surface area (Å²) in [5.74, 6) is -0.599. The van der Waals surface area contributed by atoms with Crippen LogP contribution in [0.25, 0.3) is 0 Å². The normalized spacial score (nSPS) is 12.0. The van der Waals surface area contributed by atoms with Crippen LogP contribution < -0.4 is 5.32 Å². The Morgan fingerprint density at radius 2 is 2.00 bits per heavy atom. The zero-order valence-electron chi connectivity index (χ0n) is 11.6. The molecule has 1 N–H and O–H groups in total. The summed E-state index contributed by atoms with van der Waals surface area (Å²) in [6, 6.07) is 9.34. The minimum atomic E-state index is -0.607. The fourth-order valence-corrected chi connectivity index (χ4v) is 2.37. The quantitative estimate of drug-likeness (QED) is 0.647. The van der Waals surface area contributed by atoms with Crippen LogP contribution in [0.4, 0.5) is 15.8 Å². The lowest BCUT2D eigenvalue weighted by Crippen LogP contribution is -2.09. The Bertz CT molecular complexity index is 691. The summed E-state index contributed by atoms with van der Waals surface area (Å²) >= 11 is 6.11. The third-order valence-electron chi connectivity index (χ3n) is 3.22. The zero-order chi connectivity index (χ0) is 15.6. The molecule has 0 radical (unpaired) electrons. The van der Waals surface area contributed by atoms with Crippen LogP contribution in [-0.2, 0) is 0 Å². The SMILES string of the molecule is Cc1cc(NC(C)c2ccccc2Cl)c([N+](=O)[O-])cc1F. The van der Waals surface area contributed by atoms with E-state index < -0.39 is 10.7 Å². The number of aryl methyl sites for hydroxylation is 1. The number of rotatable bonds is 4. The average Bonchev–Trinajstić information content (AvgIpc) is 2.42. The largest absolute Gasteiger partial charge is 0.373 e. The van der Waals surface area contributed by atoms with E-state index in [4.69, 9.17) is 11.6 Å². The number of nitro groups is 1. The van der Waals surface area contributed by atoms with Crippen LogP contribution in [0, 0.1) is 22.9 Å². The van der Waals surface area contributed by atoms with Crippen LogP contribution in [-0.4, -0.2) is 4.92 Å². The van der Waals surface area contributed by atoms with Crippen molar-refractivity contribution < 1.29 is 9.31 Å². The Morgan fingerprint density at radius 1 is 1.33 bits per heavy atom. The van der Waals surface area contributed by atoms with Crippen molar-refractivity contribution >= 4 is 23.0 Å². The van der Waals surface area contributed by atoms with Gasteiger partial charge < -0.3 is 5.32 Å². The monoisotopic (exact) mass is 308 g/mol. The molecule has 6 heteroatoms. The van der Waals surface area contributed by atoms with Crippen LogP contribution in [0.2, 0.25) is 5.02 Å². The molecule has 0 bridgehead atoms. The Hall–Kier alpha value is -2.14. The van der Waals surface area contributed by atoms with Crippen LogP contribution in [0.15, 0.2) is 36.4 Å². The lowest BCUT2D eigenvalue weighted by Gasteiger charge is -2.17. The van der Waals surface area contributed by atoms with E-state index in [-0.39, 0.29) is 17.4 Å². The molecule has 2 aromatic rings. The van der Waals surface area contributed by atoms with E-state index in [1.54, 1.807) is 13.0 Å². The van der Waals surface area contributed by atoms with Gasteiger partial charge in [-0.25, -0.2) is 4.39 Å². The molecule has 0 aromatic heterocycles. The van der Waals surface area contributed by atoms with Crippen molar-refractivity contribution in [1.82, 2.24) is 0 Å². The van der Waals surface area contributed by atoms with Gasteiger partial charge in [0.05, 0.1) is 17.0 Å². The fourth-order valence-electron chi connectivity index (χ4n) is 2.07. The first-order chi connectivity index (χ1) is 9.90. The summed E-state index contributed by atoms with van der Waals surface area (Å²) in [5, 5.41) is 14.6. The standard InChI is InChI=1S/C15H14ClFN2O2/c1-9-7-14(15(19(20)21)8-13(9)17)18-10(2)11-5-3-4-6-12(11)16/h3-8,10,18H,1-2H3. The van der Waals surface area contributed by atoms with Crippen LogP contribution in [0.5, 0.6) is 0 Å². The second-order valence-corrected chi connectivity index (χ2v) is 5.17. The number of nitrogens with zero attached hydrogens (tertiary/aromatic N) is 1. The predicted octanol–water partition coefficient (Wildman–Crippen LogP) is 4.87. The second-order valence-electron chi connectivity index (χ2n) is 4.76. The number of nitrogens with one attached hydrogen (secondary N) is 1. The summed E-state index contributed by atoms with van der Waals surface area (Å²) in [6.07, 6.45) is 0. The third kappa shape index (κ3) is 3.31. The predicted molar refractivity (Wildman–Crippen MR) is 81.3 cm³/mol. The number of hydrogen-bond donors (Lipinski definition) is 1. The number of benzene rings is 2. The van der Waals surface area contributed by atoms with E-state index in [1.165, 1.54) is 6.07 Å². The van der Waals surface area contributed by atoms with E-state index in [0.29, 0.717) is 10.6 Å². The van der Waals surface area contributed by atoms with Gasteiger partial charge in [0.25, 0.3) is 5.69 Å². The molecule has 0 saturated carbocycles. The molecule has 0 amide bonds. The summed E-state index contributed by atoms with van der Waals surface area (Å²) in [5.41, 5.74) is 1.13. The summed E-state index contributed by atoms with van der Waals surface area (Å²) in [6.45, 7) is 3.40. The van der Waals surface area contributed by atoms with Crippen molar-refractivity contribution in [3.63, 3.8) is 0 Å². The van der Waals surface area contributed by atoms with E-state index in [0.717, 1.165) is 11.6 Å². The van der Waals surface area contributed by atoms with Gasteiger partial charge in [0.1, 0.15) is 11.5 Å². The van der Waals surface area contributed by atoms with Gasteiger partial charge in [-0.1, -0.05) is 29.8 Å². The molecule has 0 fully saturated rings. The van der Waals surface area contributed by atoms with Gasteiger partial charge in [0.15, 0.2) is 0 Å². The van der Waals surface area contributed by atoms with Crippen molar-refractivity contribution in [2.45, 2.75) is 19.9 Å². The first-order valence-corrected chi connectivity index (χ1v) is 6.73. The van der Waals surface area contributed by atoms with Gasteiger partial charge in [0.2, 0.25) is 0 Å². The Morgan fingerprint density at radius 3 is 2.62 bits per heavy atom. The average molecular weight is 309 g/mol. The Kier molecular flexibility index (Phi) is 4.43. The smallest absolute Gasteiger partial charge is 0.295 e. The van der Waals surface area contributed by atoms with E-state index in [2.05, 4.69) is 5.32 Å². The number of hydrogen-bond acceptors (Lipinski definition) is 3. The van der Waals surface area contributed by atoms with E-state index >= 15 is 0 Å². The van der Waals surface area contributed by atoms with Crippen molar-refractivity contribution in [2.75, 3.05) is 5.32 Å². The number of nitro benzene ring substituents is 1. The molecule has 4 nitrogen and oxygen atoms in total. The molecule has 1 atom stereocenters. The summed E-state index contributed by atoms with van der Waals surface area (Å²) in [7, 11) is 0. The topological polar surface area (TPSA) is 55.2 Å². The van der Waals surface area contributed by atoms with Gasteiger partial charge in [0, 0.05) is 5.02 Å². The van der Waals surface area contributed by atoms with Gasteiger partial charge >= 0.3 is 0 Å². The van der Waals surface area contributed by atoms with E-state index in [1.807, 2.05) is 25.1 Å². The van der Waals surface area contributed by atoms with Gasteiger partial charge in [-0.15, -0.1) is 0 Å². The zero-order valence-corrected chi connectivity index (χ0v) is 12.3. The lowest BCUT2D eigenvalue weighted by atomic mass is 10.1. The van der Waals surface area contributed by atoms with Crippen LogP contribution in [0.3, 0.4) is 0 Å². The minimum Gasteiger partial charge on any atom is -0.373 e. The highest BCUT2D eigenvalue weighted by Crippen LogP contribution is 2.32. The second kappa shape index (κ2) is 6.10. The highest BCUT2D eigenvalue weighted by Gasteiger charge is 2.19. The maximum atomic E-state index is 13.5. The Labute approximate surface area is 126 Å². The molecule has 2 aromatic carbocycles. The highest BCUT2D eigenvalue weighted by molar-refractivity contribution is 6.31. The van der Waals surface area contributed by atoms with Crippen molar-refractivity contribution in [3.8, 4) is 0 Å². The highest BCUT2D eigenvalue weighted by atomic mass is 35.5. The molecule has 0 aliphatic carbocycles. The molecule has 21 heavy (non-hydrogen) atoms. The maximum Gasteiger partial charge on any atom is 0.295 e. The molecule has 0 aliphatic heterocycles. The molecule has 0 aliphatic rings. The van der Waals surface area contributed by atoms with Crippen molar-refractivity contribution in [2.24, 2.45) is 0 Å². The van der Waals surface area contributed by atoms with E-state index in [9.17, 15) is 14.5 Å². The molecular formula is C15H14ClFN2O2. The molecule has 110 valence electrons. The third-order valence-corrected chi connectivity index (χ3v) is 3.56. The Balaban J connectivity index is 2.37. The maximum absolute atomic E-state index is 13.5. The molecule has 0 spiro atoms. The summed E-state index contributed by atoms with van der Waals surface area (Å²) < 4.78 is 13.5. The van der Waals surface area contributed by atoms with Crippen LogP contribution >= 0.6 is 11.6 Å². The van der Waals surface area contributed by atoms with Crippen molar-refractivity contribution in [1.29, 1.82) is 0 Å². The lowest BCUT2D eigenvalue weighted by molar-refractivity contribution is -0.384. The van der Waals surface area contributed by atoms with Gasteiger partial charge in [-0.3, -0.25) is 10.1 Å². The molecule has 2 rings (SSSR count). The fraction of sp³-hybridized carbons (Fsp3) is 0.200. The molecule has 0 heterocycles. The van der Waals surface area contributed by atoms with Crippen molar-refractivity contribution in [3.05, 3.63) is 68.5 Å². The first kappa shape index (κ1) is 15.3. The van der Waals surface area contributed by atoms with Crippen LogP contribution in [0.1, 0.15) is 24.1 Å². The molecule has 0 saturated heterocycles. The molecule has 1 unspecified atom stereocenters. The summed E-state index contributed by atoms with van der Waals surface area (Å²) in [4.78, 5) is 10.4. The van der Waals surface area contributed by atoms with Gasteiger partial charge in [-0.05, 0) is 37.1 Å². The number of anilines is 1. The molecular weight excluding hydrogens is 295 g/mol. The van der Waals surface area contributed by atoms with Gasteiger partial charge in [-0.2, -0.15) is 0 Å².